The molecule has 0 saturated heterocycles. The predicted molar refractivity (Wildman–Crippen MR) is 114 cm³/mol. The van der Waals surface area contributed by atoms with Crippen LogP contribution in [0.1, 0.15) is 117 Å². The van der Waals surface area contributed by atoms with Crippen molar-refractivity contribution >= 4 is 11.9 Å². The molecule has 4 nitrogen and oxygen atoms in total. The minimum atomic E-state index is -0.300. The summed E-state index contributed by atoms with van der Waals surface area (Å²) in [6, 6.07) is 0. The molecule has 0 aromatic rings. The topological polar surface area (TPSA) is 52.6 Å². The van der Waals surface area contributed by atoms with E-state index in [-0.39, 0.29) is 23.8 Å². The average Bonchev–Trinajstić information content (AvgIpc) is 2.72. The number of carbonyl (C=O) groups is 2. The van der Waals surface area contributed by atoms with Crippen LogP contribution in [0.4, 0.5) is 0 Å². The SMILES string of the molecule is CCCCCCCCOC(=O)[C@@H]1CCCC[C@H]1C(=O)OCCCCCCCC. The zero-order chi connectivity index (χ0) is 20.5. The van der Waals surface area contributed by atoms with Gasteiger partial charge in [-0.15, -0.1) is 0 Å². The van der Waals surface area contributed by atoms with Crippen LogP contribution in [0.25, 0.3) is 0 Å². The Bertz CT molecular complexity index is 369. The van der Waals surface area contributed by atoms with Crippen LogP contribution in [-0.4, -0.2) is 25.2 Å². The number of esters is 2. The Hall–Kier alpha value is -1.06. The molecule has 1 rings (SSSR count). The molecule has 2 atom stereocenters. The quantitative estimate of drug-likeness (QED) is 0.218. The largest absolute Gasteiger partial charge is 0.465 e. The molecule has 1 saturated carbocycles. The number of rotatable bonds is 16. The maximum Gasteiger partial charge on any atom is 0.309 e. The lowest BCUT2D eigenvalue weighted by atomic mass is 9.79. The molecule has 0 N–H and O–H groups in total. The zero-order valence-corrected chi connectivity index (χ0v) is 18.5. The van der Waals surface area contributed by atoms with E-state index < -0.39 is 0 Å². The number of hydrogen-bond acceptors (Lipinski definition) is 4. The summed E-state index contributed by atoms with van der Waals surface area (Å²) in [5, 5.41) is 0. The Kier molecular flexibility index (Phi) is 15.0. The van der Waals surface area contributed by atoms with Crippen molar-refractivity contribution in [1.82, 2.24) is 0 Å². The summed E-state index contributed by atoms with van der Waals surface area (Å²) in [5.74, 6) is -0.971. The molecule has 0 radical (unpaired) electrons. The minimum absolute atomic E-state index is 0.185. The first-order valence-corrected chi connectivity index (χ1v) is 12.0. The molecule has 1 aliphatic carbocycles. The Balaban J connectivity index is 2.23. The maximum absolute atomic E-state index is 12.5. The molecule has 164 valence electrons. The summed E-state index contributed by atoms with van der Waals surface area (Å²) in [5.41, 5.74) is 0. The van der Waals surface area contributed by atoms with Gasteiger partial charge in [0.1, 0.15) is 0 Å². The first kappa shape index (κ1) is 25.0. The van der Waals surface area contributed by atoms with Crippen molar-refractivity contribution in [1.29, 1.82) is 0 Å². The summed E-state index contributed by atoms with van der Waals surface area (Å²) in [4.78, 5) is 25.0. The Morgan fingerprint density at radius 3 is 1.36 bits per heavy atom. The first-order valence-electron chi connectivity index (χ1n) is 12.0. The number of ether oxygens (including phenoxy) is 2. The third-order valence-electron chi connectivity index (χ3n) is 5.86. The Labute approximate surface area is 173 Å². The van der Waals surface area contributed by atoms with Crippen molar-refractivity contribution < 1.29 is 19.1 Å². The van der Waals surface area contributed by atoms with Crippen LogP contribution in [0.5, 0.6) is 0 Å². The first-order chi connectivity index (χ1) is 13.7. The van der Waals surface area contributed by atoms with E-state index in [0.717, 1.165) is 51.4 Å². The van der Waals surface area contributed by atoms with Crippen LogP contribution in [0.2, 0.25) is 0 Å². The fourth-order valence-electron chi connectivity index (χ4n) is 4.02. The third kappa shape index (κ3) is 11.1. The van der Waals surface area contributed by atoms with Gasteiger partial charge in [-0.2, -0.15) is 0 Å². The molecule has 0 amide bonds. The van der Waals surface area contributed by atoms with Gasteiger partial charge >= 0.3 is 11.9 Å². The number of hydrogen-bond donors (Lipinski definition) is 0. The molecular formula is C24H44O4. The van der Waals surface area contributed by atoms with Gasteiger partial charge in [-0.3, -0.25) is 9.59 Å². The van der Waals surface area contributed by atoms with E-state index >= 15 is 0 Å². The van der Waals surface area contributed by atoms with Gasteiger partial charge in [0.05, 0.1) is 25.0 Å². The van der Waals surface area contributed by atoms with Gasteiger partial charge in [-0.05, 0) is 25.7 Å². The highest BCUT2D eigenvalue weighted by molar-refractivity contribution is 5.82. The number of carbonyl (C=O) groups excluding carboxylic acids is 2. The van der Waals surface area contributed by atoms with Crippen molar-refractivity contribution in [3.8, 4) is 0 Å². The highest BCUT2D eigenvalue weighted by Gasteiger charge is 2.37. The summed E-state index contributed by atoms with van der Waals surface area (Å²) in [6.07, 6.45) is 17.6. The lowest BCUT2D eigenvalue weighted by molar-refractivity contribution is -0.163. The molecule has 28 heavy (non-hydrogen) atoms. The molecule has 1 aliphatic rings. The van der Waals surface area contributed by atoms with Gasteiger partial charge in [0.2, 0.25) is 0 Å². The summed E-state index contributed by atoms with van der Waals surface area (Å²) >= 11 is 0. The van der Waals surface area contributed by atoms with Gasteiger partial charge in [0.15, 0.2) is 0 Å². The minimum Gasteiger partial charge on any atom is -0.465 e. The van der Waals surface area contributed by atoms with Gasteiger partial charge in [-0.1, -0.05) is 90.9 Å². The van der Waals surface area contributed by atoms with Crippen molar-refractivity contribution in [2.45, 2.75) is 117 Å². The van der Waals surface area contributed by atoms with Gasteiger partial charge in [-0.25, -0.2) is 0 Å². The summed E-state index contributed by atoms with van der Waals surface area (Å²) < 4.78 is 11.0. The number of unbranched alkanes of at least 4 members (excludes halogenated alkanes) is 10. The zero-order valence-electron chi connectivity index (χ0n) is 18.5. The maximum atomic E-state index is 12.5. The molecule has 0 unspecified atom stereocenters. The second-order valence-corrected chi connectivity index (χ2v) is 8.37. The van der Waals surface area contributed by atoms with Crippen LogP contribution < -0.4 is 0 Å². The van der Waals surface area contributed by atoms with E-state index in [9.17, 15) is 9.59 Å². The fourth-order valence-corrected chi connectivity index (χ4v) is 4.02. The molecule has 0 aromatic carbocycles. The van der Waals surface area contributed by atoms with E-state index in [1.165, 1.54) is 51.4 Å². The van der Waals surface area contributed by atoms with Gasteiger partial charge < -0.3 is 9.47 Å². The molecule has 4 heteroatoms. The standard InChI is InChI=1S/C24H44O4/c1-3-5-7-9-11-15-19-27-23(25)21-17-13-14-18-22(21)24(26)28-20-16-12-10-8-6-4-2/h21-22H,3-20H2,1-2H3/t21-,22-/m1/s1. The summed E-state index contributed by atoms with van der Waals surface area (Å²) in [6.45, 7) is 5.39. The van der Waals surface area contributed by atoms with E-state index in [1.807, 2.05) is 0 Å². The van der Waals surface area contributed by atoms with Crippen LogP contribution in [0.3, 0.4) is 0 Å². The highest BCUT2D eigenvalue weighted by Crippen LogP contribution is 2.32. The van der Waals surface area contributed by atoms with Crippen LogP contribution >= 0.6 is 0 Å². The second kappa shape index (κ2) is 16.9. The Morgan fingerprint density at radius 2 is 0.964 bits per heavy atom. The van der Waals surface area contributed by atoms with Gasteiger partial charge in [0.25, 0.3) is 0 Å². The smallest absolute Gasteiger partial charge is 0.309 e. The monoisotopic (exact) mass is 396 g/mol. The van der Waals surface area contributed by atoms with Gasteiger partial charge in [0, 0.05) is 0 Å². The normalized spacial score (nSPS) is 19.4. The molecule has 0 heterocycles. The van der Waals surface area contributed by atoms with Crippen LogP contribution in [-0.2, 0) is 19.1 Å². The molecule has 0 aliphatic heterocycles. The molecule has 0 spiro atoms. The molecule has 0 bridgehead atoms. The fraction of sp³-hybridized carbons (Fsp3) is 0.917. The molecular weight excluding hydrogens is 352 g/mol. The van der Waals surface area contributed by atoms with Crippen molar-refractivity contribution in [3.63, 3.8) is 0 Å². The molecule has 0 aromatic heterocycles. The molecule has 1 fully saturated rings. The highest BCUT2D eigenvalue weighted by atomic mass is 16.5. The van der Waals surface area contributed by atoms with Crippen molar-refractivity contribution in [2.75, 3.05) is 13.2 Å². The lowest BCUT2D eigenvalue weighted by Gasteiger charge is -2.28. The lowest BCUT2D eigenvalue weighted by Crippen LogP contribution is -2.35. The van der Waals surface area contributed by atoms with Crippen LogP contribution in [0, 0.1) is 11.8 Å². The Morgan fingerprint density at radius 1 is 0.607 bits per heavy atom. The van der Waals surface area contributed by atoms with Crippen molar-refractivity contribution in [2.24, 2.45) is 11.8 Å². The van der Waals surface area contributed by atoms with E-state index in [4.69, 9.17) is 9.47 Å². The van der Waals surface area contributed by atoms with E-state index in [2.05, 4.69) is 13.8 Å². The van der Waals surface area contributed by atoms with Crippen molar-refractivity contribution in [3.05, 3.63) is 0 Å². The van der Waals surface area contributed by atoms with E-state index in [1.54, 1.807) is 0 Å². The predicted octanol–water partition coefficient (Wildman–Crippen LogP) is 6.60. The third-order valence-corrected chi connectivity index (χ3v) is 5.86. The van der Waals surface area contributed by atoms with Crippen LogP contribution in [0.15, 0.2) is 0 Å². The second-order valence-electron chi connectivity index (χ2n) is 8.37. The van der Waals surface area contributed by atoms with E-state index in [0.29, 0.717) is 13.2 Å². The summed E-state index contributed by atoms with van der Waals surface area (Å²) in [7, 11) is 0. The average molecular weight is 397 g/mol.